The largest absolute Gasteiger partial charge is 0.381 e. The van der Waals surface area contributed by atoms with E-state index >= 15 is 0 Å². The maximum Gasteiger partial charge on any atom is 0.231 e. The molecule has 3 aliphatic rings. The van der Waals surface area contributed by atoms with Gasteiger partial charge in [-0.25, -0.2) is 0 Å². The van der Waals surface area contributed by atoms with E-state index in [0.29, 0.717) is 12.5 Å². The van der Waals surface area contributed by atoms with Gasteiger partial charge in [0.15, 0.2) is 5.82 Å². The van der Waals surface area contributed by atoms with Gasteiger partial charge >= 0.3 is 0 Å². The van der Waals surface area contributed by atoms with Gasteiger partial charge in [-0.1, -0.05) is 24.4 Å². The van der Waals surface area contributed by atoms with Gasteiger partial charge in [-0.2, -0.15) is 4.98 Å². The monoisotopic (exact) mass is 347 g/mol. The van der Waals surface area contributed by atoms with E-state index in [-0.39, 0.29) is 0 Å². The number of likely N-dealkylation sites (tertiary alicyclic amines) is 1. The summed E-state index contributed by atoms with van der Waals surface area (Å²) in [5.74, 6) is 3.82. The normalized spacial score (nSPS) is 26.2. The Morgan fingerprint density at radius 3 is 2.72 bits per heavy atom. The average Bonchev–Trinajstić information content (AvgIpc) is 3.35. The number of hydrogen-bond donors (Lipinski definition) is 0. The fourth-order valence-corrected chi connectivity index (χ4v) is 4.39. The van der Waals surface area contributed by atoms with Crippen molar-refractivity contribution in [3.63, 3.8) is 0 Å². The van der Waals surface area contributed by atoms with Crippen molar-refractivity contribution in [1.29, 1.82) is 0 Å². The Morgan fingerprint density at radius 2 is 1.88 bits per heavy atom. The number of aromatic nitrogens is 2. The summed E-state index contributed by atoms with van der Waals surface area (Å²) in [5.41, 5.74) is 0. The van der Waals surface area contributed by atoms with Gasteiger partial charge in [-0.15, -0.1) is 0 Å². The van der Waals surface area contributed by atoms with Crippen molar-refractivity contribution in [2.75, 3.05) is 32.8 Å². The third-order valence-corrected chi connectivity index (χ3v) is 6.10. The molecule has 1 aromatic heterocycles. The molecule has 4 rings (SSSR count). The van der Waals surface area contributed by atoms with Gasteiger partial charge in [-0.05, 0) is 56.9 Å². The molecule has 3 fully saturated rings. The molecular formula is C20H33N3O2. The Morgan fingerprint density at radius 1 is 1.00 bits per heavy atom. The molecule has 1 unspecified atom stereocenters. The highest BCUT2D eigenvalue weighted by atomic mass is 16.5. The Kier molecular flexibility index (Phi) is 6.03. The highest BCUT2D eigenvalue weighted by Gasteiger charge is 2.28. The van der Waals surface area contributed by atoms with Crippen LogP contribution in [0.5, 0.6) is 0 Å². The SMILES string of the molecule is C1CCC(CN2CCCC(c3nc(CCOCC4CC4)no3)C2)CC1. The smallest absolute Gasteiger partial charge is 0.231 e. The van der Waals surface area contributed by atoms with Crippen molar-refractivity contribution in [2.45, 2.75) is 70.1 Å². The van der Waals surface area contributed by atoms with Gasteiger partial charge < -0.3 is 14.2 Å². The van der Waals surface area contributed by atoms with E-state index in [1.54, 1.807) is 0 Å². The number of rotatable bonds is 8. The van der Waals surface area contributed by atoms with Crippen LogP contribution in [0, 0.1) is 11.8 Å². The Hall–Kier alpha value is -0.940. The molecule has 0 radical (unpaired) electrons. The van der Waals surface area contributed by atoms with Crippen LogP contribution in [0.2, 0.25) is 0 Å². The van der Waals surface area contributed by atoms with Crippen LogP contribution in [-0.2, 0) is 11.2 Å². The predicted molar refractivity (Wildman–Crippen MR) is 96.5 cm³/mol. The highest BCUT2D eigenvalue weighted by Crippen LogP contribution is 2.30. The van der Waals surface area contributed by atoms with Gasteiger partial charge in [0.25, 0.3) is 0 Å². The summed E-state index contributed by atoms with van der Waals surface area (Å²) in [6.45, 7) is 5.23. The highest BCUT2D eigenvalue weighted by molar-refractivity contribution is 4.97. The molecule has 1 atom stereocenters. The molecule has 0 spiro atoms. The van der Waals surface area contributed by atoms with Crippen LogP contribution in [-0.4, -0.2) is 47.9 Å². The second-order valence-corrected chi connectivity index (χ2v) is 8.42. The Balaban J connectivity index is 1.23. The second-order valence-electron chi connectivity index (χ2n) is 8.42. The summed E-state index contributed by atoms with van der Waals surface area (Å²) in [5, 5.41) is 4.18. The first-order valence-corrected chi connectivity index (χ1v) is 10.5. The molecule has 0 amide bonds. The molecule has 5 nitrogen and oxygen atoms in total. The minimum Gasteiger partial charge on any atom is -0.381 e. The summed E-state index contributed by atoms with van der Waals surface area (Å²) < 4.78 is 11.3. The van der Waals surface area contributed by atoms with Crippen LogP contribution in [0.4, 0.5) is 0 Å². The van der Waals surface area contributed by atoms with Crippen LogP contribution in [0.1, 0.15) is 75.4 Å². The van der Waals surface area contributed by atoms with Gasteiger partial charge in [0, 0.05) is 26.1 Å². The summed E-state index contributed by atoms with van der Waals surface area (Å²) in [4.78, 5) is 7.31. The van der Waals surface area contributed by atoms with Gasteiger partial charge in [0.05, 0.1) is 12.5 Å². The molecule has 1 aliphatic heterocycles. The lowest BCUT2D eigenvalue weighted by molar-refractivity contribution is 0.125. The standard InChI is InChI=1S/C20H33N3O2/c1-2-5-16(6-3-1)13-23-11-4-7-18(14-23)20-21-19(22-25-20)10-12-24-15-17-8-9-17/h16-18H,1-15H2. The molecule has 2 aliphatic carbocycles. The fourth-order valence-electron chi connectivity index (χ4n) is 4.39. The second kappa shape index (κ2) is 8.63. The molecule has 1 aromatic rings. The van der Waals surface area contributed by atoms with Crippen molar-refractivity contribution in [2.24, 2.45) is 11.8 Å². The lowest BCUT2D eigenvalue weighted by Gasteiger charge is -2.34. The molecule has 0 bridgehead atoms. The maximum absolute atomic E-state index is 5.69. The Bertz CT molecular complexity index is 523. The zero-order valence-electron chi connectivity index (χ0n) is 15.5. The van der Waals surface area contributed by atoms with Crippen LogP contribution < -0.4 is 0 Å². The van der Waals surface area contributed by atoms with E-state index < -0.39 is 0 Å². The lowest BCUT2D eigenvalue weighted by atomic mass is 9.88. The number of hydrogen-bond acceptors (Lipinski definition) is 5. The summed E-state index contributed by atoms with van der Waals surface area (Å²) in [6, 6.07) is 0. The molecule has 0 N–H and O–H groups in total. The van der Waals surface area contributed by atoms with Gasteiger partial charge in [0.1, 0.15) is 0 Å². The van der Waals surface area contributed by atoms with Crippen LogP contribution in [0.3, 0.4) is 0 Å². The van der Waals surface area contributed by atoms with E-state index in [1.165, 1.54) is 70.9 Å². The number of ether oxygens (including phenoxy) is 1. The van der Waals surface area contributed by atoms with E-state index in [9.17, 15) is 0 Å². The molecule has 5 heteroatoms. The third-order valence-electron chi connectivity index (χ3n) is 6.10. The van der Waals surface area contributed by atoms with E-state index in [4.69, 9.17) is 9.26 Å². The summed E-state index contributed by atoms with van der Waals surface area (Å²) >= 11 is 0. The molecular weight excluding hydrogens is 314 g/mol. The molecule has 1 saturated heterocycles. The minimum absolute atomic E-state index is 0.422. The quantitative estimate of drug-likeness (QED) is 0.670. The molecule has 140 valence electrons. The van der Waals surface area contributed by atoms with E-state index in [1.807, 2.05) is 0 Å². The first kappa shape index (κ1) is 17.5. The average molecular weight is 348 g/mol. The van der Waals surface area contributed by atoms with E-state index in [2.05, 4.69) is 15.0 Å². The zero-order chi connectivity index (χ0) is 16.9. The predicted octanol–water partition coefficient (Wildman–Crippen LogP) is 3.80. The Labute approximate surface area is 151 Å². The maximum atomic E-state index is 5.69. The summed E-state index contributed by atoms with van der Waals surface area (Å²) in [7, 11) is 0. The summed E-state index contributed by atoms with van der Waals surface area (Å²) in [6.07, 6.45) is 13.0. The first-order valence-electron chi connectivity index (χ1n) is 10.5. The van der Waals surface area contributed by atoms with Gasteiger partial charge in [0.2, 0.25) is 5.89 Å². The van der Waals surface area contributed by atoms with Crippen LogP contribution in [0.15, 0.2) is 4.52 Å². The molecule has 0 aromatic carbocycles. The number of nitrogens with zero attached hydrogens (tertiary/aromatic N) is 3. The number of piperidine rings is 1. The van der Waals surface area contributed by atoms with Crippen molar-refractivity contribution in [3.05, 3.63) is 11.7 Å². The first-order chi connectivity index (χ1) is 12.4. The molecule has 2 saturated carbocycles. The van der Waals surface area contributed by atoms with Crippen molar-refractivity contribution in [1.82, 2.24) is 15.0 Å². The topological polar surface area (TPSA) is 51.4 Å². The minimum atomic E-state index is 0.422. The third kappa shape index (κ3) is 5.27. The molecule has 2 heterocycles. The van der Waals surface area contributed by atoms with Crippen molar-refractivity contribution < 1.29 is 9.26 Å². The van der Waals surface area contributed by atoms with Crippen LogP contribution in [0.25, 0.3) is 0 Å². The van der Waals surface area contributed by atoms with Crippen molar-refractivity contribution >= 4 is 0 Å². The van der Waals surface area contributed by atoms with Crippen molar-refractivity contribution in [3.8, 4) is 0 Å². The van der Waals surface area contributed by atoms with Crippen LogP contribution >= 0.6 is 0 Å². The van der Waals surface area contributed by atoms with Gasteiger partial charge in [-0.3, -0.25) is 0 Å². The van der Waals surface area contributed by atoms with E-state index in [0.717, 1.165) is 43.1 Å². The zero-order valence-corrected chi connectivity index (χ0v) is 15.5. The fraction of sp³-hybridized carbons (Fsp3) is 0.900. The lowest BCUT2D eigenvalue weighted by Crippen LogP contribution is -2.38. The molecule has 25 heavy (non-hydrogen) atoms.